The summed E-state index contributed by atoms with van der Waals surface area (Å²) in [6, 6.07) is 8.03. The zero-order chi connectivity index (χ0) is 14.9. The van der Waals surface area contributed by atoms with E-state index in [0.717, 1.165) is 35.0 Å². The summed E-state index contributed by atoms with van der Waals surface area (Å²) >= 11 is 0. The van der Waals surface area contributed by atoms with Crippen LogP contribution in [0.4, 0.5) is 5.82 Å². The van der Waals surface area contributed by atoms with Gasteiger partial charge >= 0.3 is 0 Å². The molecule has 3 N–H and O–H groups in total. The molecule has 0 spiro atoms. The largest absolute Gasteiger partial charge is 0.315 e. The summed E-state index contributed by atoms with van der Waals surface area (Å²) in [5.41, 5.74) is 2.11. The first kappa shape index (κ1) is 13.0. The third-order valence-electron chi connectivity index (χ3n) is 3.96. The molecule has 6 nitrogen and oxygen atoms in total. The van der Waals surface area contributed by atoms with Crippen molar-refractivity contribution < 1.29 is 4.79 Å². The molecule has 22 heavy (non-hydrogen) atoms. The van der Waals surface area contributed by atoms with E-state index in [1.54, 1.807) is 12.4 Å². The van der Waals surface area contributed by atoms with Gasteiger partial charge in [0.1, 0.15) is 5.82 Å². The number of pyridine rings is 1. The van der Waals surface area contributed by atoms with E-state index in [4.69, 9.17) is 0 Å². The molecule has 0 radical (unpaired) electrons. The second-order valence-electron chi connectivity index (χ2n) is 5.46. The monoisotopic (exact) mass is 293 g/mol. The van der Waals surface area contributed by atoms with E-state index in [1.165, 1.54) is 0 Å². The van der Waals surface area contributed by atoms with Crippen LogP contribution in [0.2, 0.25) is 0 Å². The zero-order valence-electron chi connectivity index (χ0n) is 11.8. The lowest BCUT2D eigenvalue weighted by molar-refractivity contribution is -0.121. The van der Waals surface area contributed by atoms with E-state index in [-0.39, 0.29) is 11.8 Å². The number of rotatable bonds is 3. The Morgan fingerprint density at radius 1 is 1.14 bits per heavy atom. The fraction of sp³-hybridized carbons (Fsp3) is 0.188. The standard InChI is InChI=1S/C16H15N5O/c22-16(14-5-17-6-14)21-15-4-12-3-10(13-8-19-20-9-13)1-2-11(12)7-18-15/h1-4,7-9,14,17H,5-6H2,(H,19,20)(H,18,21,22). The van der Waals surface area contributed by atoms with Crippen molar-refractivity contribution in [1.82, 2.24) is 20.5 Å². The summed E-state index contributed by atoms with van der Waals surface area (Å²) < 4.78 is 0. The second kappa shape index (κ2) is 5.23. The van der Waals surface area contributed by atoms with Crippen LogP contribution in [0.3, 0.4) is 0 Å². The molecule has 1 aliphatic heterocycles. The molecule has 0 aliphatic carbocycles. The molecule has 1 amide bonds. The van der Waals surface area contributed by atoms with Crippen molar-refractivity contribution in [2.45, 2.75) is 0 Å². The Morgan fingerprint density at radius 3 is 2.77 bits per heavy atom. The summed E-state index contributed by atoms with van der Waals surface area (Å²) in [7, 11) is 0. The van der Waals surface area contributed by atoms with Crippen LogP contribution in [0.5, 0.6) is 0 Å². The topological polar surface area (TPSA) is 82.7 Å². The van der Waals surface area contributed by atoms with Gasteiger partial charge in [-0.3, -0.25) is 9.89 Å². The minimum atomic E-state index is 0.0246. The van der Waals surface area contributed by atoms with Crippen molar-refractivity contribution in [3.05, 3.63) is 42.9 Å². The van der Waals surface area contributed by atoms with Gasteiger partial charge in [0.2, 0.25) is 5.91 Å². The molecule has 0 bridgehead atoms. The Bertz CT molecular complexity index is 824. The molecule has 4 rings (SSSR count). The van der Waals surface area contributed by atoms with Gasteiger partial charge in [0.05, 0.1) is 12.1 Å². The number of hydrogen-bond acceptors (Lipinski definition) is 4. The molecule has 0 unspecified atom stereocenters. The fourth-order valence-corrected chi connectivity index (χ4v) is 2.50. The number of anilines is 1. The van der Waals surface area contributed by atoms with Crippen LogP contribution in [0.25, 0.3) is 21.9 Å². The van der Waals surface area contributed by atoms with Gasteiger partial charge in [-0.25, -0.2) is 4.98 Å². The van der Waals surface area contributed by atoms with Crippen molar-refractivity contribution in [2.24, 2.45) is 5.92 Å². The number of H-pyrrole nitrogens is 1. The Hall–Kier alpha value is -2.73. The maximum absolute atomic E-state index is 12.0. The average molecular weight is 293 g/mol. The number of amides is 1. The summed E-state index contributed by atoms with van der Waals surface area (Å²) in [6.07, 6.45) is 5.42. The highest BCUT2D eigenvalue weighted by atomic mass is 16.2. The van der Waals surface area contributed by atoms with E-state index in [0.29, 0.717) is 5.82 Å². The third-order valence-corrected chi connectivity index (χ3v) is 3.96. The van der Waals surface area contributed by atoms with Crippen LogP contribution < -0.4 is 10.6 Å². The SMILES string of the molecule is O=C(Nc1cc2cc(-c3cn[nH]c3)ccc2cn1)C1CNC1. The summed E-state index contributed by atoms with van der Waals surface area (Å²) in [4.78, 5) is 16.3. The number of fused-ring (bicyclic) bond motifs is 1. The molecule has 1 aliphatic rings. The van der Waals surface area contributed by atoms with Crippen molar-refractivity contribution in [2.75, 3.05) is 18.4 Å². The quantitative estimate of drug-likeness (QED) is 0.687. The molecule has 1 fully saturated rings. The Labute approximate surface area is 127 Å². The van der Waals surface area contributed by atoms with E-state index < -0.39 is 0 Å². The maximum atomic E-state index is 12.0. The minimum Gasteiger partial charge on any atom is -0.315 e. The van der Waals surface area contributed by atoms with Crippen LogP contribution in [-0.2, 0) is 4.79 Å². The summed E-state index contributed by atoms with van der Waals surface area (Å²) in [6.45, 7) is 1.48. The Kier molecular flexibility index (Phi) is 3.08. The lowest BCUT2D eigenvalue weighted by atomic mass is 10.0. The highest BCUT2D eigenvalue weighted by Crippen LogP contribution is 2.24. The smallest absolute Gasteiger partial charge is 0.231 e. The highest BCUT2D eigenvalue weighted by molar-refractivity contribution is 5.95. The first-order valence-corrected chi connectivity index (χ1v) is 7.20. The molecule has 110 valence electrons. The summed E-state index contributed by atoms with van der Waals surface area (Å²) in [5, 5.41) is 14.8. The van der Waals surface area contributed by atoms with Crippen LogP contribution in [0.15, 0.2) is 42.9 Å². The number of carbonyl (C=O) groups excluding carboxylic acids is 1. The van der Waals surface area contributed by atoms with Gasteiger partial charge in [0.15, 0.2) is 0 Å². The molecule has 6 heteroatoms. The number of nitrogens with zero attached hydrogens (tertiary/aromatic N) is 2. The zero-order valence-corrected chi connectivity index (χ0v) is 11.8. The van der Waals surface area contributed by atoms with Crippen LogP contribution in [0.1, 0.15) is 0 Å². The number of aromatic nitrogens is 3. The summed E-state index contributed by atoms with van der Waals surface area (Å²) in [5.74, 6) is 0.667. The van der Waals surface area contributed by atoms with Crippen molar-refractivity contribution in [1.29, 1.82) is 0 Å². The number of nitrogens with one attached hydrogen (secondary N) is 3. The number of aromatic amines is 1. The Balaban J connectivity index is 1.65. The third kappa shape index (κ3) is 2.33. The minimum absolute atomic E-state index is 0.0246. The van der Waals surface area contributed by atoms with Gasteiger partial charge < -0.3 is 10.6 Å². The van der Waals surface area contributed by atoms with Gasteiger partial charge in [0.25, 0.3) is 0 Å². The highest BCUT2D eigenvalue weighted by Gasteiger charge is 2.24. The normalized spacial score (nSPS) is 14.7. The lowest BCUT2D eigenvalue weighted by Crippen LogP contribution is -2.48. The van der Waals surface area contributed by atoms with E-state index in [1.807, 2.05) is 24.4 Å². The lowest BCUT2D eigenvalue weighted by Gasteiger charge is -2.25. The van der Waals surface area contributed by atoms with Gasteiger partial charge in [-0.2, -0.15) is 5.10 Å². The molecule has 2 aromatic heterocycles. The van der Waals surface area contributed by atoms with Crippen LogP contribution >= 0.6 is 0 Å². The predicted octanol–water partition coefficient (Wildman–Crippen LogP) is 1.78. The van der Waals surface area contributed by atoms with Crippen molar-refractivity contribution in [3.63, 3.8) is 0 Å². The number of benzene rings is 1. The van der Waals surface area contributed by atoms with Gasteiger partial charge in [-0.15, -0.1) is 0 Å². The van der Waals surface area contributed by atoms with E-state index >= 15 is 0 Å². The van der Waals surface area contributed by atoms with Crippen molar-refractivity contribution >= 4 is 22.5 Å². The van der Waals surface area contributed by atoms with Gasteiger partial charge in [-0.1, -0.05) is 12.1 Å². The first-order chi connectivity index (χ1) is 10.8. The number of carbonyl (C=O) groups is 1. The van der Waals surface area contributed by atoms with E-state index in [2.05, 4.69) is 31.9 Å². The van der Waals surface area contributed by atoms with Crippen molar-refractivity contribution in [3.8, 4) is 11.1 Å². The fourth-order valence-electron chi connectivity index (χ4n) is 2.50. The number of hydrogen-bond donors (Lipinski definition) is 3. The molecule has 3 aromatic rings. The van der Waals surface area contributed by atoms with Gasteiger partial charge in [0, 0.05) is 36.4 Å². The molecule has 3 heterocycles. The average Bonchev–Trinajstić information content (AvgIpc) is 2.98. The maximum Gasteiger partial charge on any atom is 0.231 e. The molecule has 0 atom stereocenters. The van der Waals surface area contributed by atoms with Crippen LogP contribution in [0, 0.1) is 5.92 Å². The van der Waals surface area contributed by atoms with Crippen LogP contribution in [-0.4, -0.2) is 34.2 Å². The van der Waals surface area contributed by atoms with Gasteiger partial charge in [-0.05, 0) is 23.1 Å². The molecule has 1 aromatic carbocycles. The molecule has 1 saturated heterocycles. The Morgan fingerprint density at radius 2 is 2.05 bits per heavy atom. The molecular weight excluding hydrogens is 278 g/mol. The molecular formula is C16H15N5O. The second-order valence-corrected chi connectivity index (χ2v) is 5.46. The predicted molar refractivity (Wildman–Crippen MR) is 84.3 cm³/mol. The van der Waals surface area contributed by atoms with E-state index in [9.17, 15) is 4.79 Å². The molecule has 0 saturated carbocycles. The first-order valence-electron chi connectivity index (χ1n) is 7.20.